The average molecular weight is 184 g/mol. The minimum absolute atomic E-state index is 0.599. The van der Waals surface area contributed by atoms with E-state index in [-0.39, 0.29) is 0 Å². The molecule has 0 rings (SSSR count). The molecular formula is C10H16O3. The first kappa shape index (κ1) is 12.0. The van der Waals surface area contributed by atoms with Gasteiger partial charge in [0.1, 0.15) is 12.2 Å². The van der Waals surface area contributed by atoms with Crippen molar-refractivity contribution in [2.75, 3.05) is 0 Å². The summed E-state index contributed by atoms with van der Waals surface area (Å²) in [6, 6.07) is 0. The lowest BCUT2D eigenvalue weighted by Gasteiger charge is -1.98. The van der Waals surface area contributed by atoms with Crippen molar-refractivity contribution in [1.82, 2.24) is 0 Å². The van der Waals surface area contributed by atoms with Crippen molar-refractivity contribution in [2.45, 2.75) is 39.7 Å². The molecular weight excluding hydrogens is 168 g/mol. The molecule has 1 N–H and O–H groups in total. The second kappa shape index (κ2) is 6.50. The van der Waals surface area contributed by atoms with E-state index in [4.69, 9.17) is 5.11 Å². The molecule has 0 saturated carbocycles. The normalized spacial score (nSPS) is 11.8. The molecule has 0 aliphatic carbocycles. The van der Waals surface area contributed by atoms with Gasteiger partial charge in [0.2, 0.25) is 0 Å². The second-order valence-corrected chi connectivity index (χ2v) is 3.31. The maximum atomic E-state index is 10.7. The van der Waals surface area contributed by atoms with Gasteiger partial charge in [0, 0.05) is 6.42 Å². The number of hydrogen-bond donors (Lipinski definition) is 1. The molecule has 0 aromatic heterocycles. The van der Waals surface area contributed by atoms with Crippen LogP contribution in [0.1, 0.15) is 33.6 Å². The number of esters is 1. The van der Waals surface area contributed by atoms with E-state index in [0.29, 0.717) is 12.3 Å². The van der Waals surface area contributed by atoms with Gasteiger partial charge in [-0.1, -0.05) is 19.8 Å². The number of aliphatic hydroxyl groups is 1. The molecule has 3 heteroatoms. The zero-order valence-corrected chi connectivity index (χ0v) is 8.33. The van der Waals surface area contributed by atoms with Crippen LogP contribution >= 0.6 is 0 Å². The molecule has 0 saturated heterocycles. The highest BCUT2D eigenvalue weighted by atomic mass is 16.5. The molecule has 13 heavy (non-hydrogen) atoms. The second-order valence-electron chi connectivity index (χ2n) is 3.31. The van der Waals surface area contributed by atoms with Crippen molar-refractivity contribution in [2.24, 2.45) is 5.92 Å². The molecule has 0 spiro atoms. The van der Waals surface area contributed by atoms with Gasteiger partial charge >= 0.3 is 5.97 Å². The van der Waals surface area contributed by atoms with Crippen molar-refractivity contribution < 1.29 is 14.6 Å². The third kappa shape index (κ3) is 7.35. The summed E-state index contributed by atoms with van der Waals surface area (Å²) in [5, 5.41) is 8.72. The monoisotopic (exact) mass is 184 g/mol. The molecule has 74 valence electrons. The summed E-state index contributed by atoms with van der Waals surface area (Å²) in [6.45, 7) is 5.55. The van der Waals surface area contributed by atoms with E-state index in [0.717, 1.165) is 6.42 Å². The highest BCUT2D eigenvalue weighted by molar-refractivity contribution is 5.74. The summed E-state index contributed by atoms with van der Waals surface area (Å²) in [7, 11) is 0. The van der Waals surface area contributed by atoms with Crippen LogP contribution < -0.4 is 0 Å². The summed E-state index contributed by atoms with van der Waals surface area (Å²) in [6.07, 6.45) is 2.86. The molecule has 0 aromatic rings. The van der Waals surface area contributed by atoms with E-state index in [9.17, 15) is 4.79 Å². The fourth-order valence-corrected chi connectivity index (χ4v) is 0.584. The lowest BCUT2D eigenvalue weighted by Crippen LogP contribution is -2.16. The fraction of sp³-hybridized carbons (Fsp3) is 0.700. The van der Waals surface area contributed by atoms with E-state index in [2.05, 4.69) is 30.6 Å². The first-order chi connectivity index (χ1) is 6.04. The molecule has 1 unspecified atom stereocenters. The van der Waals surface area contributed by atoms with E-state index >= 15 is 0 Å². The zero-order chi connectivity index (χ0) is 10.3. The third-order valence-electron chi connectivity index (χ3n) is 1.41. The van der Waals surface area contributed by atoms with E-state index in [1.807, 2.05) is 0 Å². The molecule has 1 atom stereocenters. The highest BCUT2D eigenvalue weighted by Gasteiger charge is 2.07. The fourth-order valence-electron chi connectivity index (χ4n) is 0.584. The SMILES string of the molecule is CC(C)CCC#COC(=O)C(C)O. The minimum Gasteiger partial charge on any atom is -0.382 e. The predicted molar refractivity (Wildman–Crippen MR) is 49.6 cm³/mol. The van der Waals surface area contributed by atoms with E-state index in [1.54, 1.807) is 0 Å². The van der Waals surface area contributed by atoms with Gasteiger partial charge in [-0.3, -0.25) is 0 Å². The topological polar surface area (TPSA) is 46.5 Å². The van der Waals surface area contributed by atoms with Crippen molar-refractivity contribution in [3.63, 3.8) is 0 Å². The van der Waals surface area contributed by atoms with Gasteiger partial charge in [0.25, 0.3) is 0 Å². The summed E-state index contributed by atoms with van der Waals surface area (Å²) in [5.41, 5.74) is 0. The molecule has 0 aromatic carbocycles. The Balaban J connectivity index is 3.56. The molecule has 0 aliphatic rings. The first-order valence-corrected chi connectivity index (χ1v) is 4.40. The van der Waals surface area contributed by atoms with Gasteiger partial charge in [-0.15, -0.1) is 0 Å². The Morgan fingerprint density at radius 1 is 1.46 bits per heavy atom. The molecule has 3 nitrogen and oxygen atoms in total. The minimum atomic E-state index is -1.10. The summed E-state index contributed by atoms with van der Waals surface area (Å²) < 4.78 is 4.44. The van der Waals surface area contributed by atoms with Crippen molar-refractivity contribution >= 4 is 5.97 Å². The van der Waals surface area contributed by atoms with Crippen LogP contribution in [0.15, 0.2) is 0 Å². The Bertz CT molecular complexity index is 208. The number of aliphatic hydroxyl groups excluding tert-OH is 1. The lowest BCUT2D eigenvalue weighted by molar-refractivity contribution is -0.145. The lowest BCUT2D eigenvalue weighted by atomic mass is 10.1. The van der Waals surface area contributed by atoms with Gasteiger partial charge in [-0.05, 0) is 19.3 Å². The zero-order valence-electron chi connectivity index (χ0n) is 8.33. The third-order valence-corrected chi connectivity index (χ3v) is 1.41. The number of carbonyl (C=O) groups excluding carboxylic acids is 1. The first-order valence-electron chi connectivity index (χ1n) is 4.40. The van der Waals surface area contributed by atoms with Gasteiger partial charge in [0.05, 0.1) is 0 Å². The quantitative estimate of drug-likeness (QED) is 0.531. The van der Waals surface area contributed by atoms with Gasteiger partial charge in [-0.2, -0.15) is 0 Å². The van der Waals surface area contributed by atoms with Crippen LogP contribution in [-0.4, -0.2) is 17.2 Å². The number of rotatable bonds is 3. The van der Waals surface area contributed by atoms with Crippen LogP contribution in [-0.2, 0) is 9.53 Å². The molecule has 0 heterocycles. The Kier molecular flexibility index (Phi) is 5.99. The van der Waals surface area contributed by atoms with E-state index in [1.165, 1.54) is 6.92 Å². The summed E-state index contributed by atoms with van der Waals surface area (Å²) in [4.78, 5) is 10.7. The van der Waals surface area contributed by atoms with Crippen molar-refractivity contribution in [1.29, 1.82) is 0 Å². The number of ether oxygens (including phenoxy) is 1. The van der Waals surface area contributed by atoms with Crippen LogP contribution in [0.25, 0.3) is 0 Å². The number of hydrogen-bond acceptors (Lipinski definition) is 3. The van der Waals surface area contributed by atoms with Gasteiger partial charge in [-0.25, -0.2) is 4.79 Å². The van der Waals surface area contributed by atoms with Crippen LogP contribution in [0.4, 0.5) is 0 Å². The molecule has 0 radical (unpaired) electrons. The Morgan fingerprint density at radius 3 is 2.54 bits per heavy atom. The van der Waals surface area contributed by atoms with Crippen molar-refractivity contribution in [3.05, 3.63) is 0 Å². The average Bonchev–Trinajstić information content (AvgIpc) is 2.02. The summed E-state index contributed by atoms with van der Waals surface area (Å²) >= 11 is 0. The predicted octanol–water partition coefficient (Wildman–Crippen LogP) is 1.31. The Hall–Kier alpha value is -1.01. The molecule has 0 aliphatic heterocycles. The summed E-state index contributed by atoms with van der Waals surface area (Å²) in [5.74, 6) is 2.60. The van der Waals surface area contributed by atoms with Crippen LogP contribution in [0.2, 0.25) is 0 Å². The highest BCUT2D eigenvalue weighted by Crippen LogP contribution is 2.01. The van der Waals surface area contributed by atoms with Crippen LogP contribution in [0.3, 0.4) is 0 Å². The molecule has 0 bridgehead atoms. The smallest absolute Gasteiger partial charge is 0.348 e. The Morgan fingerprint density at radius 2 is 2.08 bits per heavy atom. The standard InChI is InChI=1S/C10H16O3/c1-8(2)6-4-5-7-13-10(12)9(3)11/h8-9,11H,4,6H2,1-3H3. The van der Waals surface area contributed by atoms with E-state index < -0.39 is 12.1 Å². The molecule has 0 fully saturated rings. The van der Waals surface area contributed by atoms with Gasteiger partial charge in [0.15, 0.2) is 0 Å². The molecule has 0 amide bonds. The van der Waals surface area contributed by atoms with Crippen LogP contribution in [0, 0.1) is 17.9 Å². The Labute approximate surface area is 79.1 Å². The number of carbonyl (C=O) groups is 1. The maximum absolute atomic E-state index is 10.7. The van der Waals surface area contributed by atoms with Crippen LogP contribution in [0.5, 0.6) is 0 Å². The maximum Gasteiger partial charge on any atom is 0.348 e. The van der Waals surface area contributed by atoms with Crippen molar-refractivity contribution in [3.8, 4) is 12.0 Å². The largest absolute Gasteiger partial charge is 0.382 e. The van der Waals surface area contributed by atoms with Gasteiger partial charge < -0.3 is 9.84 Å².